The fourth-order valence-electron chi connectivity index (χ4n) is 4.62. The minimum atomic E-state index is 0.0859. The minimum absolute atomic E-state index is 0.0859. The van der Waals surface area contributed by atoms with Crippen molar-refractivity contribution < 1.29 is 4.79 Å². The average molecular weight is 397 g/mol. The Morgan fingerprint density at radius 1 is 1.14 bits per heavy atom. The number of nitrogens with one attached hydrogen (secondary N) is 2. The second kappa shape index (κ2) is 9.98. The van der Waals surface area contributed by atoms with Crippen molar-refractivity contribution in [3.8, 4) is 0 Å². The van der Waals surface area contributed by atoms with E-state index in [1.807, 2.05) is 0 Å². The highest BCUT2D eigenvalue weighted by Gasteiger charge is 2.31. The summed E-state index contributed by atoms with van der Waals surface area (Å²) in [7, 11) is 0. The van der Waals surface area contributed by atoms with E-state index in [0.29, 0.717) is 18.4 Å². The van der Waals surface area contributed by atoms with Crippen molar-refractivity contribution in [1.82, 2.24) is 30.3 Å². The van der Waals surface area contributed by atoms with E-state index in [9.17, 15) is 4.79 Å². The molecular weight excluding hydrogens is 364 g/mol. The first kappa shape index (κ1) is 20.0. The lowest BCUT2D eigenvalue weighted by molar-refractivity contribution is -0.127. The van der Waals surface area contributed by atoms with Crippen LogP contribution >= 0.6 is 0 Å². The van der Waals surface area contributed by atoms with Gasteiger partial charge in [-0.25, -0.2) is 4.98 Å². The molecule has 1 aromatic carbocycles. The summed E-state index contributed by atoms with van der Waals surface area (Å²) in [6.07, 6.45) is 7.10. The van der Waals surface area contributed by atoms with Crippen molar-refractivity contribution >= 4 is 5.91 Å². The van der Waals surface area contributed by atoms with Crippen LogP contribution in [0.3, 0.4) is 0 Å². The third-order valence-corrected chi connectivity index (χ3v) is 6.35. The Kier molecular flexibility index (Phi) is 6.90. The number of benzene rings is 1. The second-order valence-electron chi connectivity index (χ2n) is 8.29. The Bertz CT molecular complexity index is 742. The van der Waals surface area contributed by atoms with Crippen molar-refractivity contribution in [3.63, 3.8) is 0 Å². The summed E-state index contributed by atoms with van der Waals surface area (Å²) >= 11 is 0. The molecule has 0 spiro atoms. The van der Waals surface area contributed by atoms with Crippen LogP contribution in [0.2, 0.25) is 0 Å². The maximum Gasteiger partial charge on any atom is 0.224 e. The fourth-order valence-corrected chi connectivity index (χ4v) is 4.62. The van der Waals surface area contributed by atoms with Gasteiger partial charge in [-0.3, -0.25) is 14.8 Å². The fraction of sp³-hybridized carbons (Fsp3) is 0.591. The zero-order valence-corrected chi connectivity index (χ0v) is 17.1. The van der Waals surface area contributed by atoms with Gasteiger partial charge in [0.2, 0.25) is 5.91 Å². The van der Waals surface area contributed by atoms with Crippen LogP contribution in [0.1, 0.15) is 37.1 Å². The molecule has 0 aliphatic carbocycles. The van der Waals surface area contributed by atoms with Gasteiger partial charge in [-0.05, 0) is 57.3 Å². The molecule has 156 valence electrons. The number of amides is 1. The third kappa shape index (κ3) is 5.64. The maximum atomic E-state index is 12.6. The van der Waals surface area contributed by atoms with E-state index in [1.165, 1.54) is 24.7 Å². The highest BCUT2D eigenvalue weighted by Crippen LogP contribution is 2.24. The SMILES string of the molecule is O=C(NCc1ncn[nH]1)[C@@H]1CCCN(C2CCN(CCc3ccccc3)CC2)C1. The van der Waals surface area contributed by atoms with Crippen molar-refractivity contribution in [1.29, 1.82) is 0 Å². The molecule has 2 fully saturated rings. The Morgan fingerprint density at radius 3 is 2.72 bits per heavy atom. The largest absolute Gasteiger partial charge is 0.349 e. The topological polar surface area (TPSA) is 77.1 Å². The molecule has 2 N–H and O–H groups in total. The number of carbonyl (C=O) groups is 1. The molecule has 4 rings (SSSR count). The third-order valence-electron chi connectivity index (χ3n) is 6.35. The van der Waals surface area contributed by atoms with Crippen LogP contribution < -0.4 is 5.32 Å². The van der Waals surface area contributed by atoms with E-state index in [-0.39, 0.29) is 11.8 Å². The van der Waals surface area contributed by atoms with Gasteiger partial charge in [0.05, 0.1) is 12.5 Å². The molecular formula is C22H32N6O. The number of hydrogen-bond acceptors (Lipinski definition) is 5. The number of likely N-dealkylation sites (tertiary alicyclic amines) is 2. The molecule has 2 saturated heterocycles. The van der Waals surface area contributed by atoms with Crippen LogP contribution in [0.25, 0.3) is 0 Å². The monoisotopic (exact) mass is 396 g/mol. The molecule has 1 amide bonds. The van der Waals surface area contributed by atoms with Gasteiger partial charge in [-0.2, -0.15) is 5.10 Å². The van der Waals surface area contributed by atoms with Gasteiger partial charge in [0.15, 0.2) is 0 Å². The highest BCUT2D eigenvalue weighted by molar-refractivity contribution is 5.78. The van der Waals surface area contributed by atoms with Crippen molar-refractivity contribution in [2.24, 2.45) is 5.92 Å². The zero-order valence-electron chi connectivity index (χ0n) is 17.1. The van der Waals surface area contributed by atoms with Crippen LogP contribution in [0.4, 0.5) is 0 Å². The summed E-state index contributed by atoms with van der Waals surface area (Å²) in [5.74, 6) is 0.933. The van der Waals surface area contributed by atoms with Crippen molar-refractivity contribution in [2.75, 3.05) is 32.7 Å². The number of aromatic amines is 1. The predicted molar refractivity (Wildman–Crippen MR) is 112 cm³/mol. The summed E-state index contributed by atoms with van der Waals surface area (Å²) in [6, 6.07) is 11.4. The van der Waals surface area contributed by atoms with E-state index in [0.717, 1.165) is 52.0 Å². The molecule has 7 nitrogen and oxygen atoms in total. The molecule has 7 heteroatoms. The van der Waals surface area contributed by atoms with Gasteiger partial charge in [0.1, 0.15) is 12.2 Å². The Morgan fingerprint density at radius 2 is 1.97 bits per heavy atom. The van der Waals surface area contributed by atoms with Gasteiger partial charge in [-0.15, -0.1) is 0 Å². The molecule has 1 aromatic heterocycles. The molecule has 29 heavy (non-hydrogen) atoms. The van der Waals surface area contributed by atoms with Crippen LogP contribution in [0, 0.1) is 5.92 Å². The molecule has 0 radical (unpaired) electrons. The highest BCUT2D eigenvalue weighted by atomic mass is 16.1. The van der Waals surface area contributed by atoms with Gasteiger partial charge in [-0.1, -0.05) is 30.3 Å². The van der Waals surface area contributed by atoms with E-state index >= 15 is 0 Å². The van der Waals surface area contributed by atoms with Gasteiger partial charge in [0, 0.05) is 19.1 Å². The first-order valence-electron chi connectivity index (χ1n) is 10.9. The standard InChI is InChI=1S/C22H32N6O/c29-22(23-15-21-24-17-25-26-21)19-7-4-11-28(16-19)20-9-13-27(14-10-20)12-8-18-5-2-1-3-6-18/h1-3,5-6,17,19-20H,4,7-16H2,(H,23,29)(H,24,25,26)/t19-/m1/s1. The van der Waals surface area contributed by atoms with Crippen LogP contribution in [0.5, 0.6) is 0 Å². The van der Waals surface area contributed by atoms with Crippen LogP contribution in [0.15, 0.2) is 36.7 Å². The van der Waals surface area contributed by atoms with Crippen LogP contribution in [-0.4, -0.2) is 69.7 Å². The Balaban J connectivity index is 1.19. The first-order chi connectivity index (χ1) is 14.3. The predicted octanol–water partition coefficient (Wildman–Crippen LogP) is 1.84. The molecule has 2 aromatic rings. The smallest absolute Gasteiger partial charge is 0.224 e. The molecule has 0 bridgehead atoms. The van der Waals surface area contributed by atoms with E-state index in [1.54, 1.807) is 0 Å². The number of H-pyrrole nitrogens is 1. The van der Waals surface area contributed by atoms with E-state index in [4.69, 9.17) is 0 Å². The number of carbonyl (C=O) groups excluding carboxylic acids is 1. The molecule has 1 atom stereocenters. The summed E-state index contributed by atoms with van der Waals surface area (Å²) < 4.78 is 0. The lowest BCUT2D eigenvalue weighted by Crippen LogP contribution is -2.50. The molecule has 3 heterocycles. The summed E-state index contributed by atoms with van der Waals surface area (Å²) in [6.45, 7) is 5.91. The van der Waals surface area contributed by atoms with E-state index in [2.05, 4.69) is 60.6 Å². The lowest BCUT2D eigenvalue weighted by atomic mass is 9.93. The van der Waals surface area contributed by atoms with Crippen molar-refractivity contribution in [3.05, 3.63) is 48.0 Å². The Hall–Kier alpha value is -2.25. The maximum absolute atomic E-state index is 12.6. The summed E-state index contributed by atoms with van der Waals surface area (Å²) in [5, 5.41) is 9.62. The minimum Gasteiger partial charge on any atom is -0.349 e. The molecule has 0 unspecified atom stereocenters. The number of nitrogens with zero attached hydrogens (tertiary/aromatic N) is 4. The van der Waals surface area contributed by atoms with E-state index < -0.39 is 0 Å². The van der Waals surface area contributed by atoms with Gasteiger partial charge in [0.25, 0.3) is 0 Å². The number of piperidine rings is 2. The van der Waals surface area contributed by atoms with Crippen molar-refractivity contribution in [2.45, 2.75) is 44.7 Å². The van der Waals surface area contributed by atoms with Gasteiger partial charge < -0.3 is 10.2 Å². The number of aromatic nitrogens is 3. The first-order valence-corrected chi connectivity index (χ1v) is 10.9. The van der Waals surface area contributed by atoms with Gasteiger partial charge >= 0.3 is 0 Å². The summed E-state index contributed by atoms with van der Waals surface area (Å²) in [4.78, 5) is 21.8. The number of hydrogen-bond donors (Lipinski definition) is 2. The Labute approximate surface area is 172 Å². The number of rotatable bonds is 7. The normalized spacial score (nSPS) is 21.9. The lowest BCUT2D eigenvalue weighted by Gasteiger charge is -2.42. The summed E-state index contributed by atoms with van der Waals surface area (Å²) in [5.41, 5.74) is 1.42. The van der Waals surface area contributed by atoms with Crippen LogP contribution in [-0.2, 0) is 17.8 Å². The molecule has 0 saturated carbocycles. The second-order valence-corrected chi connectivity index (χ2v) is 8.29. The zero-order chi connectivity index (χ0) is 19.9. The molecule has 2 aliphatic heterocycles. The molecule has 2 aliphatic rings. The quantitative estimate of drug-likeness (QED) is 0.747. The average Bonchev–Trinajstić information content (AvgIpc) is 3.31.